The Hall–Kier alpha value is -1.44. The fourth-order valence-electron chi connectivity index (χ4n) is 3.22. The molecule has 0 unspecified atom stereocenters. The molecule has 0 spiro atoms. The lowest BCUT2D eigenvalue weighted by Gasteiger charge is -2.11. The van der Waals surface area contributed by atoms with Crippen molar-refractivity contribution in [3.05, 3.63) is 29.5 Å². The predicted molar refractivity (Wildman–Crippen MR) is 75.3 cm³/mol. The van der Waals surface area contributed by atoms with Crippen LogP contribution in [0.4, 0.5) is 0 Å². The maximum absolute atomic E-state index is 5.37. The molecule has 0 radical (unpaired) electrons. The van der Waals surface area contributed by atoms with E-state index in [0.717, 1.165) is 5.75 Å². The Morgan fingerprint density at radius 2 is 1.83 bits per heavy atom. The van der Waals surface area contributed by atoms with Gasteiger partial charge >= 0.3 is 0 Å². The highest BCUT2D eigenvalue weighted by Gasteiger charge is 2.16. The fourth-order valence-corrected chi connectivity index (χ4v) is 3.22. The second-order valence-corrected chi connectivity index (χ2v) is 5.28. The van der Waals surface area contributed by atoms with Crippen molar-refractivity contribution < 1.29 is 4.74 Å². The summed E-state index contributed by atoms with van der Waals surface area (Å²) in [6.45, 7) is 0. The molecule has 1 aromatic heterocycles. The number of benzene rings is 1. The van der Waals surface area contributed by atoms with Gasteiger partial charge in [0.05, 0.1) is 7.11 Å². The molecule has 0 atom stereocenters. The lowest BCUT2D eigenvalue weighted by atomic mass is 9.96. The minimum absolute atomic E-state index is 0.970. The molecule has 0 amide bonds. The van der Waals surface area contributed by atoms with E-state index < -0.39 is 0 Å². The third-order valence-electron chi connectivity index (χ3n) is 4.23. The molecule has 2 aromatic rings. The highest BCUT2D eigenvalue weighted by Crippen LogP contribution is 2.32. The van der Waals surface area contributed by atoms with Gasteiger partial charge in [-0.25, -0.2) is 0 Å². The number of hydrogen-bond acceptors (Lipinski definition) is 1. The molecule has 0 saturated carbocycles. The Bertz CT molecular complexity index is 568. The average Bonchev–Trinajstić information content (AvgIpc) is 2.61. The number of hydrogen-bond donors (Lipinski definition) is 0. The van der Waals surface area contributed by atoms with Crippen LogP contribution >= 0.6 is 0 Å². The Labute approximate surface area is 109 Å². The molecule has 96 valence electrons. The first-order valence-electron chi connectivity index (χ1n) is 6.95. The van der Waals surface area contributed by atoms with Gasteiger partial charge in [0.2, 0.25) is 0 Å². The zero-order chi connectivity index (χ0) is 12.5. The highest BCUT2D eigenvalue weighted by molar-refractivity contribution is 5.87. The molecule has 1 aliphatic carbocycles. The Morgan fingerprint density at radius 3 is 2.61 bits per heavy atom. The van der Waals surface area contributed by atoms with Gasteiger partial charge in [0.25, 0.3) is 0 Å². The monoisotopic (exact) mass is 243 g/mol. The highest BCUT2D eigenvalue weighted by atomic mass is 16.5. The lowest BCUT2D eigenvalue weighted by molar-refractivity contribution is 0.415. The van der Waals surface area contributed by atoms with Crippen molar-refractivity contribution in [3.8, 4) is 5.75 Å². The molecule has 2 nitrogen and oxygen atoms in total. The van der Waals surface area contributed by atoms with Gasteiger partial charge in [-0.15, -0.1) is 0 Å². The minimum Gasteiger partial charge on any atom is -0.497 e. The van der Waals surface area contributed by atoms with E-state index in [4.69, 9.17) is 4.74 Å². The molecule has 1 heterocycles. The van der Waals surface area contributed by atoms with E-state index in [-0.39, 0.29) is 0 Å². The summed E-state index contributed by atoms with van der Waals surface area (Å²) >= 11 is 0. The quantitative estimate of drug-likeness (QED) is 0.742. The van der Waals surface area contributed by atoms with Crippen LogP contribution in [-0.2, 0) is 19.9 Å². The van der Waals surface area contributed by atoms with Crippen molar-refractivity contribution in [2.45, 2.75) is 38.5 Å². The van der Waals surface area contributed by atoms with Gasteiger partial charge in [-0.2, -0.15) is 0 Å². The number of ether oxygens (including phenoxy) is 1. The topological polar surface area (TPSA) is 14.2 Å². The normalized spacial score (nSPS) is 16.1. The number of methoxy groups -OCH3 is 1. The van der Waals surface area contributed by atoms with Crippen LogP contribution in [-0.4, -0.2) is 11.7 Å². The van der Waals surface area contributed by atoms with Gasteiger partial charge in [-0.1, -0.05) is 12.8 Å². The lowest BCUT2D eigenvalue weighted by Crippen LogP contribution is -2.02. The van der Waals surface area contributed by atoms with Crippen molar-refractivity contribution in [1.29, 1.82) is 0 Å². The number of nitrogens with zero attached hydrogens (tertiary/aromatic N) is 1. The van der Waals surface area contributed by atoms with Gasteiger partial charge in [-0.3, -0.25) is 0 Å². The summed E-state index contributed by atoms with van der Waals surface area (Å²) in [7, 11) is 3.95. The number of fused-ring (bicyclic) bond motifs is 3. The summed E-state index contributed by atoms with van der Waals surface area (Å²) in [5.41, 5.74) is 4.45. The van der Waals surface area contributed by atoms with Crippen LogP contribution in [0.1, 0.15) is 36.9 Å². The fraction of sp³-hybridized carbons (Fsp3) is 0.500. The second-order valence-electron chi connectivity index (χ2n) is 5.28. The summed E-state index contributed by atoms with van der Waals surface area (Å²) in [4.78, 5) is 0. The van der Waals surface area contributed by atoms with Gasteiger partial charge < -0.3 is 9.30 Å². The number of aromatic nitrogens is 1. The van der Waals surface area contributed by atoms with Crippen LogP contribution in [0.5, 0.6) is 5.75 Å². The van der Waals surface area contributed by atoms with Crippen LogP contribution < -0.4 is 4.74 Å². The number of rotatable bonds is 1. The largest absolute Gasteiger partial charge is 0.497 e. The third kappa shape index (κ3) is 1.80. The van der Waals surface area contributed by atoms with E-state index in [1.54, 1.807) is 12.7 Å². The molecule has 3 rings (SSSR count). The second kappa shape index (κ2) is 4.68. The maximum Gasteiger partial charge on any atom is 0.119 e. The minimum atomic E-state index is 0.970. The van der Waals surface area contributed by atoms with E-state index in [9.17, 15) is 0 Å². The zero-order valence-corrected chi connectivity index (χ0v) is 11.3. The molecule has 0 N–H and O–H groups in total. The predicted octanol–water partition coefficient (Wildman–Crippen LogP) is 3.85. The van der Waals surface area contributed by atoms with Crippen LogP contribution in [0.15, 0.2) is 18.2 Å². The van der Waals surface area contributed by atoms with Gasteiger partial charge in [-0.05, 0) is 49.4 Å². The summed E-state index contributed by atoms with van der Waals surface area (Å²) < 4.78 is 7.75. The van der Waals surface area contributed by atoms with Crippen molar-refractivity contribution in [2.75, 3.05) is 7.11 Å². The summed E-state index contributed by atoms with van der Waals surface area (Å²) in [6, 6.07) is 6.46. The zero-order valence-electron chi connectivity index (χ0n) is 11.3. The van der Waals surface area contributed by atoms with E-state index in [2.05, 4.69) is 29.8 Å². The molecule has 0 bridgehead atoms. The van der Waals surface area contributed by atoms with Crippen LogP contribution in [0.3, 0.4) is 0 Å². The molecule has 18 heavy (non-hydrogen) atoms. The van der Waals surface area contributed by atoms with E-state index in [0.29, 0.717) is 0 Å². The Balaban J connectivity index is 2.21. The standard InChI is InChI=1S/C16H21NO/c1-17-15-8-6-4-3-5-7-13(15)14-11-12(18-2)9-10-16(14)17/h9-11H,3-8H2,1-2H3. The summed E-state index contributed by atoms with van der Waals surface area (Å²) in [5, 5.41) is 1.40. The van der Waals surface area contributed by atoms with Gasteiger partial charge in [0, 0.05) is 23.6 Å². The van der Waals surface area contributed by atoms with E-state index in [1.807, 2.05) is 0 Å². The first-order valence-corrected chi connectivity index (χ1v) is 6.95. The average molecular weight is 243 g/mol. The van der Waals surface area contributed by atoms with Gasteiger partial charge in [0.1, 0.15) is 5.75 Å². The molecule has 2 heteroatoms. The van der Waals surface area contributed by atoms with Crippen LogP contribution in [0, 0.1) is 0 Å². The van der Waals surface area contributed by atoms with Crippen molar-refractivity contribution in [2.24, 2.45) is 7.05 Å². The van der Waals surface area contributed by atoms with Crippen molar-refractivity contribution >= 4 is 10.9 Å². The van der Waals surface area contributed by atoms with Gasteiger partial charge in [0.15, 0.2) is 0 Å². The Kier molecular flexibility index (Phi) is 3.02. The smallest absolute Gasteiger partial charge is 0.119 e. The Morgan fingerprint density at radius 1 is 1.06 bits per heavy atom. The van der Waals surface area contributed by atoms with E-state index in [1.165, 1.54) is 55.1 Å². The molecule has 1 aliphatic rings. The molecule has 0 fully saturated rings. The molecule has 1 aromatic carbocycles. The third-order valence-corrected chi connectivity index (χ3v) is 4.23. The summed E-state index contributed by atoms with van der Waals surface area (Å²) in [5.74, 6) is 0.970. The molecular formula is C16H21NO. The number of aryl methyl sites for hydroxylation is 2. The van der Waals surface area contributed by atoms with Crippen LogP contribution in [0.2, 0.25) is 0 Å². The van der Waals surface area contributed by atoms with Crippen LogP contribution in [0.25, 0.3) is 10.9 Å². The molecule has 0 saturated heterocycles. The first kappa shape index (κ1) is 11.6. The summed E-state index contributed by atoms with van der Waals surface area (Å²) in [6.07, 6.45) is 7.85. The SMILES string of the molecule is COc1ccc2c(c1)c1c(n2C)CCCCCC1. The van der Waals surface area contributed by atoms with Crippen molar-refractivity contribution in [1.82, 2.24) is 4.57 Å². The maximum atomic E-state index is 5.37. The molecule has 0 aliphatic heterocycles. The van der Waals surface area contributed by atoms with E-state index >= 15 is 0 Å². The molecular weight excluding hydrogens is 222 g/mol. The first-order chi connectivity index (χ1) is 8.81. The van der Waals surface area contributed by atoms with Crippen molar-refractivity contribution in [3.63, 3.8) is 0 Å².